The molecule has 1 aromatic carbocycles. The number of carbonyl (C=O) groups excluding carboxylic acids is 2. The maximum atomic E-state index is 12.1. The number of nitrogens with one attached hydrogen (secondary N) is 2. The first-order valence-electron chi connectivity index (χ1n) is 9.68. The molecule has 0 saturated carbocycles. The molecule has 1 saturated heterocycles. The van der Waals surface area contributed by atoms with Crippen LogP contribution in [0.15, 0.2) is 24.5 Å². The van der Waals surface area contributed by atoms with Crippen molar-refractivity contribution in [3.8, 4) is 5.69 Å². The van der Waals surface area contributed by atoms with E-state index in [1.54, 1.807) is 12.1 Å². The summed E-state index contributed by atoms with van der Waals surface area (Å²) in [7, 11) is 0. The van der Waals surface area contributed by atoms with Gasteiger partial charge in [-0.25, -0.2) is 4.68 Å². The topological polar surface area (TPSA) is 105 Å². The summed E-state index contributed by atoms with van der Waals surface area (Å²) in [5, 5.41) is 16.4. The van der Waals surface area contributed by atoms with E-state index in [1.165, 1.54) is 23.9 Å². The molecule has 1 fully saturated rings. The fourth-order valence-electron chi connectivity index (χ4n) is 3.26. The van der Waals surface area contributed by atoms with Crippen molar-refractivity contribution in [3.05, 3.63) is 30.1 Å². The Bertz CT molecular complexity index is 799. The van der Waals surface area contributed by atoms with Gasteiger partial charge in [0.1, 0.15) is 6.33 Å². The number of hydrogen-bond donors (Lipinski definition) is 2. The van der Waals surface area contributed by atoms with Gasteiger partial charge in [-0.3, -0.25) is 9.59 Å². The molecule has 3 rings (SSSR count). The largest absolute Gasteiger partial charge is 0.348 e. The summed E-state index contributed by atoms with van der Waals surface area (Å²) in [6, 6.07) is 5.31. The number of hydrogen-bond acceptors (Lipinski definition) is 6. The third-order valence-corrected chi connectivity index (χ3v) is 5.08. The predicted molar refractivity (Wildman–Crippen MR) is 105 cm³/mol. The summed E-state index contributed by atoms with van der Waals surface area (Å²) in [5.74, 6) is -0.502. The molecule has 0 radical (unpaired) electrons. The molecule has 1 aromatic heterocycles. The van der Waals surface area contributed by atoms with Gasteiger partial charge in [-0.15, -0.1) is 5.10 Å². The smallest absolute Gasteiger partial charge is 0.313 e. The highest BCUT2D eigenvalue weighted by atomic mass is 16.2. The molecular formula is C19H27N7O2. The number of aromatic nitrogens is 4. The Morgan fingerprint density at radius 1 is 1.21 bits per heavy atom. The highest BCUT2D eigenvalue weighted by Crippen LogP contribution is 2.18. The molecule has 2 aromatic rings. The Kier molecular flexibility index (Phi) is 6.70. The minimum atomic E-state index is -0.682. The van der Waals surface area contributed by atoms with Crippen LogP contribution in [0.25, 0.3) is 5.69 Å². The fourth-order valence-corrected chi connectivity index (χ4v) is 3.26. The Morgan fingerprint density at radius 3 is 2.71 bits per heavy atom. The number of tetrazole rings is 1. The first kappa shape index (κ1) is 19.9. The van der Waals surface area contributed by atoms with Crippen LogP contribution in [0, 0.1) is 12.8 Å². The zero-order valence-corrected chi connectivity index (χ0v) is 16.4. The molecule has 9 nitrogen and oxygen atoms in total. The summed E-state index contributed by atoms with van der Waals surface area (Å²) in [6.45, 7) is 7.87. The van der Waals surface area contributed by atoms with Crippen molar-refractivity contribution in [2.24, 2.45) is 5.92 Å². The van der Waals surface area contributed by atoms with Crippen LogP contribution in [0.2, 0.25) is 0 Å². The molecule has 1 aliphatic heterocycles. The third-order valence-electron chi connectivity index (χ3n) is 5.08. The number of anilines is 1. The van der Waals surface area contributed by atoms with Crippen molar-refractivity contribution >= 4 is 17.5 Å². The van der Waals surface area contributed by atoms with Gasteiger partial charge >= 0.3 is 11.8 Å². The number of rotatable bonds is 6. The first-order chi connectivity index (χ1) is 13.5. The van der Waals surface area contributed by atoms with E-state index in [2.05, 4.69) is 38.0 Å². The van der Waals surface area contributed by atoms with Gasteiger partial charge < -0.3 is 15.5 Å². The maximum Gasteiger partial charge on any atom is 0.313 e. The number of amides is 2. The lowest BCUT2D eigenvalue weighted by Gasteiger charge is -2.30. The summed E-state index contributed by atoms with van der Waals surface area (Å²) < 4.78 is 1.51. The minimum Gasteiger partial charge on any atom is -0.348 e. The minimum absolute atomic E-state index is 0.488. The van der Waals surface area contributed by atoms with Crippen LogP contribution in [0.5, 0.6) is 0 Å². The number of aryl methyl sites for hydroxylation is 1. The van der Waals surface area contributed by atoms with Crippen molar-refractivity contribution in [1.82, 2.24) is 30.4 Å². The molecular weight excluding hydrogens is 358 g/mol. The molecule has 28 heavy (non-hydrogen) atoms. The van der Waals surface area contributed by atoms with Gasteiger partial charge in [-0.05, 0) is 79.9 Å². The van der Waals surface area contributed by atoms with Crippen LogP contribution >= 0.6 is 0 Å². The van der Waals surface area contributed by atoms with E-state index in [0.717, 1.165) is 43.2 Å². The second-order valence-electron chi connectivity index (χ2n) is 7.34. The zero-order valence-electron chi connectivity index (χ0n) is 16.4. The van der Waals surface area contributed by atoms with Crippen LogP contribution in [-0.4, -0.2) is 63.1 Å². The molecule has 2 heterocycles. The van der Waals surface area contributed by atoms with Crippen molar-refractivity contribution in [1.29, 1.82) is 0 Å². The summed E-state index contributed by atoms with van der Waals surface area (Å²) in [5.41, 5.74) is 2.19. The molecule has 0 spiro atoms. The standard InChI is InChI=1S/C19H27N7O2/c1-14-6-10-25(11-7-14)9-3-8-20-18(27)19(28)22-16-5-4-15(2)17(12-16)26-13-21-23-24-26/h4-5,12-14H,3,6-11H2,1-2H3,(H,20,27)(H,22,28). The number of benzene rings is 1. The molecule has 2 amide bonds. The predicted octanol–water partition coefficient (Wildman–Crippen LogP) is 1.15. The molecule has 2 N–H and O–H groups in total. The van der Waals surface area contributed by atoms with Gasteiger partial charge in [0, 0.05) is 12.2 Å². The number of likely N-dealkylation sites (tertiary alicyclic amines) is 1. The van der Waals surface area contributed by atoms with E-state index >= 15 is 0 Å². The summed E-state index contributed by atoms with van der Waals surface area (Å²) in [6.07, 6.45) is 4.78. The Labute approximate surface area is 164 Å². The van der Waals surface area contributed by atoms with Gasteiger partial charge in [0.15, 0.2) is 0 Å². The monoisotopic (exact) mass is 385 g/mol. The molecule has 1 aliphatic rings. The Morgan fingerprint density at radius 2 is 2.00 bits per heavy atom. The van der Waals surface area contributed by atoms with E-state index in [1.807, 2.05) is 13.0 Å². The molecule has 9 heteroatoms. The lowest BCUT2D eigenvalue weighted by Crippen LogP contribution is -2.38. The molecule has 0 aliphatic carbocycles. The van der Waals surface area contributed by atoms with Crippen molar-refractivity contribution in [2.45, 2.75) is 33.1 Å². The van der Waals surface area contributed by atoms with Gasteiger partial charge in [-0.1, -0.05) is 13.0 Å². The van der Waals surface area contributed by atoms with Crippen LogP contribution < -0.4 is 10.6 Å². The number of carbonyl (C=O) groups is 2. The van der Waals surface area contributed by atoms with Crippen molar-refractivity contribution in [3.63, 3.8) is 0 Å². The zero-order chi connectivity index (χ0) is 19.9. The summed E-state index contributed by atoms with van der Waals surface area (Å²) >= 11 is 0. The van der Waals surface area contributed by atoms with E-state index in [0.29, 0.717) is 12.2 Å². The Hall–Kier alpha value is -2.81. The quantitative estimate of drug-likeness (QED) is 0.571. The second kappa shape index (κ2) is 9.41. The molecule has 0 unspecified atom stereocenters. The average molecular weight is 385 g/mol. The van der Waals surface area contributed by atoms with E-state index in [-0.39, 0.29) is 0 Å². The van der Waals surface area contributed by atoms with Gasteiger partial charge in [-0.2, -0.15) is 0 Å². The highest BCUT2D eigenvalue weighted by Gasteiger charge is 2.16. The van der Waals surface area contributed by atoms with Gasteiger partial charge in [0.25, 0.3) is 0 Å². The van der Waals surface area contributed by atoms with Crippen LogP contribution in [0.4, 0.5) is 5.69 Å². The molecule has 0 atom stereocenters. The normalized spacial score (nSPS) is 15.4. The lowest BCUT2D eigenvalue weighted by atomic mass is 9.99. The van der Waals surface area contributed by atoms with Crippen molar-refractivity contribution in [2.75, 3.05) is 31.5 Å². The third kappa shape index (κ3) is 5.35. The van der Waals surface area contributed by atoms with E-state index in [9.17, 15) is 9.59 Å². The van der Waals surface area contributed by atoms with Gasteiger partial charge in [0.05, 0.1) is 5.69 Å². The molecule has 150 valence electrons. The number of piperidine rings is 1. The fraction of sp³-hybridized carbons (Fsp3) is 0.526. The van der Waals surface area contributed by atoms with Crippen molar-refractivity contribution < 1.29 is 9.59 Å². The Balaban J connectivity index is 1.44. The molecule has 0 bridgehead atoms. The average Bonchev–Trinajstić information content (AvgIpc) is 3.22. The second-order valence-corrected chi connectivity index (χ2v) is 7.34. The first-order valence-corrected chi connectivity index (χ1v) is 9.68. The summed E-state index contributed by atoms with van der Waals surface area (Å²) in [4.78, 5) is 26.6. The highest BCUT2D eigenvalue weighted by molar-refractivity contribution is 6.39. The van der Waals surface area contributed by atoms with Crippen LogP contribution in [-0.2, 0) is 9.59 Å². The van der Waals surface area contributed by atoms with Gasteiger partial charge in [0.2, 0.25) is 0 Å². The van der Waals surface area contributed by atoms with E-state index in [4.69, 9.17) is 0 Å². The SMILES string of the molecule is Cc1ccc(NC(=O)C(=O)NCCCN2CCC(C)CC2)cc1-n1cnnn1. The van der Waals surface area contributed by atoms with Crippen LogP contribution in [0.3, 0.4) is 0 Å². The number of nitrogens with zero attached hydrogens (tertiary/aromatic N) is 5. The maximum absolute atomic E-state index is 12.1. The lowest BCUT2D eigenvalue weighted by molar-refractivity contribution is -0.136. The van der Waals surface area contributed by atoms with E-state index < -0.39 is 11.8 Å². The van der Waals surface area contributed by atoms with Crippen LogP contribution in [0.1, 0.15) is 31.7 Å².